The minimum absolute atomic E-state index is 0.0540. The van der Waals surface area contributed by atoms with E-state index in [1.165, 1.54) is 0 Å². The van der Waals surface area contributed by atoms with Crippen LogP contribution >= 0.6 is 11.8 Å². The van der Waals surface area contributed by atoms with Gasteiger partial charge in [0.25, 0.3) is 0 Å². The SMILES string of the molecule is CC.CCN(C)C(=O)C(CC=O)SC(C)C. The van der Waals surface area contributed by atoms with Gasteiger partial charge >= 0.3 is 0 Å². The highest BCUT2D eigenvalue weighted by Crippen LogP contribution is 2.21. The quantitative estimate of drug-likeness (QED) is 0.677. The maximum absolute atomic E-state index is 11.7. The molecule has 1 unspecified atom stereocenters. The fourth-order valence-electron chi connectivity index (χ4n) is 1.03. The molecular formula is C12H25NO2S. The number of carbonyl (C=O) groups excluding carboxylic acids is 2. The number of nitrogens with zero attached hydrogens (tertiary/aromatic N) is 1. The minimum atomic E-state index is -0.211. The minimum Gasteiger partial charge on any atom is -0.345 e. The standard InChI is InChI=1S/C10H19NO2S.C2H6/c1-5-11(4)10(13)9(6-7-12)14-8(2)3;1-2/h7-9H,5-6H2,1-4H3;1-2H3. The molecule has 0 N–H and O–H groups in total. The summed E-state index contributed by atoms with van der Waals surface area (Å²) in [6.45, 7) is 10.7. The van der Waals surface area contributed by atoms with E-state index in [1.54, 1.807) is 23.7 Å². The molecule has 0 heterocycles. The number of aldehydes is 1. The van der Waals surface area contributed by atoms with Gasteiger partial charge in [0.15, 0.2) is 0 Å². The summed E-state index contributed by atoms with van der Waals surface area (Å²) in [6, 6.07) is 0. The van der Waals surface area contributed by atoms with Gasteiger partial charge in [-0.3, -0.25) is 4.79 Å². The van der Waals surface area contributed by atoms with E-state index in [4.69, 9.17) is 0 Å². The smallest absolute Gasteiger partial charge is 0.235 e. The van der Waals surface area contributed by atoms with Gasteiger partial charge in [-0.15, -0.1) is 11.8 Å². The molecule has 4 heteroatoms. The van der Waals surface area contributed by atoms with Crippen molar-refractivity contribution in [3.8, 4) is 0 Å². The van der Waals surface area contributed by atoms with Crippen molar-refractivity contribution in [2.24, 2.45) is 0 Å². The second kappa shape index (κ2) is 11.0. The van der Waals surface area contributed by atoms with Crippen molar-refractivity contribution in [2.75, 3.05) is 13.6 Å². The van der Waals surface area contributed by atoms with Gasteiger partial charge in [0.05, 0.1) is 5.25 Å². The second-order valence-electron chi connectivity index (χ2n) is 3.43. The first kappa shape index (κ1) is 17.9. The number of thioether (sulfide) groups is 1. The van der Waals surface area contributed by atoms with Crippen LogP contribution in [0.2, 0.25) is 0 Å². The zero-order valence-corrected chi connectivity index (χ0v) is 12.1. The Morgan fingerprint density at radius 1 is 1.38 bits per heavy atom. The van der Waals surface area contributed by atoms with Gasteiger partial charge in [0, 0.05) is 20.0 Å². The molecular weight excluding hydrogens is 222 g/mol. The van der Waals surface area contributed by atoms with Gasteiger partial charge in [-0.05, 0) is 12.2 Å². The monoisotopic (exact) mass is 247 g/mol. The molecule has 0 saturated heterocycles. The van der Waals surface area contributed by atoms with Crippen LogP contribution in [0.5, 0.6) is 0 Å². The topological polar surface area (TPSA) is 37.4 Å². The van der Waals surface area contributed by atoms with E-state index in [1.807, 2.05) is 34.6 Å². The number of carbonyl (C=O) groups is 2. The van der Waals surface area contributed by atoms with Crippen LogP contribution in [0.1, 0.15) is 41.0 Å². The molecule has 0 aromatic carbocycles. The van der Waals surface area contributed by atoms with Crippen LogP contribution in [-0.4, -0.2) is 41.2 Å². The summed E-state index contributed by atoms with van der Waals surface area (Å²) >= 11 is 1.55. The Labute approximate surface area is 104 Å². The third-order valence-corrected chi connectivity index (χ3v) is 3.14. The van der Waals surface area contributed by atoms with Crippen molar-refractivity contribution in [3.05, 3.63) is 0 Å². The molecule has 0 aliphatic rings. The molecule has 0 rings (SSSR count). The molecule has 1 atom stereocenters. The summed E-state index contributed by atoms with van der Waals surface area (Å²) in [6.07, 6.45) is 1.13. The Balaban J connectivity index is 0. The first-order valence-corrected chi connectivity index (χ1v) is 6.81. The van der Waals surface area contributed by atoms with Crippen molar-refractivity contribution in [1.29, 1.82) is 0 Å². The molecule has 3 nitrogen and oxygen atoms in total. The average molecular weight is 247 g/mol. The number of amides is 1. The van der Waals surface area contributed by atoms with Gasteiger partial charge < -0.3 is 9.69 Å². The van der Waals surface area contributed by atoms with Crippen molar-refractivity contribution >= 4 is 24.0 Å². The summed E-state index contributed by atoms with van der Waals surface area (Å²) in [7, 11) is 1.76. The molecule has 1 amide bonds. The Bertz CT molecular complexity index is 195. The molecule has 0 saturated carbocycles. The maximum Gasteiger partial charge on any atom is 0.235 e. The molecule has 0 fully saturated rings. The van der Waals surface area contributed by atoms with Gasteiger partial charge in [0.2, 0.25) is 5.91 Å². The Kier molecular flexibility index (Phi) is 12.3. The summed E-state index contributed by atoms with van der Waals surface area (Å²) in [4.78, 5) is 23.8. The lowest BCUT2D eigenvalue weighted by Crippen LogP contribution is -2.35. The fourth-order valence-corrected chi connectivity index (χ4v) is 2.18. The van der Waals surface area contributed by atoms with Crippen molar-refractivity contribution < 1.29 is 9.59 Å². The Morgan fingerprint density at radius 3 is 2.19 bits per heavy atom. The molecule has 0 bridgehead atoms. The van der Waals surface area contributed by atoms with E-state index >= 15 is 0 Å². The lowest BCUT2D eigenvalue weighted by Gasteiger charge is -2.22. The summed E-state index contributed by atoms with van der Waals surface area (Å²) in [5, 5.41) is 0.159. The first-order valence-electron chi connectivity index (χ1n) is 5.87. The third-order valence-electron chi connectivity index (χ3n) is 1.87. The highest BCUT2D eigenvalue weighted by Gasteiger charge is 2.22. The van der Waals surface area contributed by atoms with E-state index in [0.29, 0.717) is 18.2 Å². The summed E-state index contributed by atoms with van der Waals surface area (Å²) in [5.41, 5.74) is 0. The van der Waals surface area contributed by atoms with Crippen LogP contribution in [0.15, 0.2) is 0 Å². The zero-order chi connectivity index (χ0) is 13.1. The van der Waals surface area contributed by atoms with Gasteiger partial charge in [0.1, 0.15) is 6.29 Å². The van der Waals surface area contributed by atoms with E-state index in [-0.39, 0.29) is 11.2 Å². The van der Waals surface area contributed by atoms with Crippen LogP contribution in [0.4, 0.5) is 0 Å². The lowest BCUT2D eigenvalue weighted by molar-refractivity contribution is -0.130. The van der Waals surface area contributed by atoms with Crippen molar-refractivity contribution in [3.63, 3.8) is 0 Å². The average Bonchev–Trinajstić information content (AvgIpc) is 2.28. The van der Waals surface area contributed by atoms with Crippen LogP contribution < -0.4 is 0 Å². The van der Waals surface area contributed by atoms with Crippen LogP contribution in [0.3, 0.4) is 0 Å². The van der Waals surface area contributed by atoms with Gasteiger partial charge in [-0.1, -0.05) is 27.7 Å². The molecule has 0 spiro atoms. The Morgan fingerprint density at radius 2 is 1.88 bits per heavy atom. The summed E-state index contributed by atoms with van der Waals surface area (Å²) < 4.78 is 0. The number of hydrogen-bond acceptors (Lipinski definition) is 3. The third kappa shape index (κ3) is 7.74. The Hall–Kier alpha value is -0.510. The van der Waals surface area contributed by atoms with Gasteiger partial charge in [-0.25, -0.2) is 0 Å². The summed E-state index contributed by atoms with van der Waals surface area (Å²) in [5.74, 6) is 0.0540. The molecule has 0 aromatic rings. The largest absolute Gasteiger partial charge is 0.345 e. The van der Waals surface area contributed by atoms with Crippen LogP contribution in [0.25, 0.3) is 0 Å². The normalized spacial score (nSPS) is 11.4. The number of hydrogen-bond donors (Lipinski definition) is 0. The second-order valence-corrected chi connectivity index (χ2v) is 5.21. The lowest BCUT2D eigenvalue weighted by atomic mass is 10.3. The first-order chi connectivity index (χ1) is 7.52. The number of rotatable bonds is 6. The predicted octanol–water partition coefficient (Wildman–Crippen LogP) is 2.59. The van der Waals surface area contributed by atoms with E-state index in [0.717, 1.165) is 6.29 Å². The fraction of sp³-hybridized carbons (Fsp3) is 0.833. The molecule has 0 aromatic heterocycles. The zero-order valence-electron chi connectivity index (χ0n) is 11.3. The van der Waals surface area contributed by atoms with E-state index in [9.17, 15) is 9.59 Å². The molecule has 0 aliphatic heterocycles. The highest BCUT2D eigenvalue weighted by molar-refractivity contribution is 8.01. The van der Waals surface area contributed by atoms with Gasteiger partial charge in [-0.2, -0.15) is 0 Å². The highest BCUT2D eigenvalue weighted by atomic mass is 32.2. The molecule has 16 heavy (non-hydrogen) atoms. The van der Waals surface area contributed by atoms with Crippen molar-refractivity contribution in [2.45, 2.75) is 51.5 Å². The van der Waals surface area contributed by atoms with E-state index in [2.05, 4.69) is 0 Å². The maximum atomic E-state index is 11.7. The molecule has 0 radical (unpaired) electrons. The molecule has 96 valence electrons. The van der Waals surface area contributed by atoms with E-state index < -0.39 is 0 Å². The van der Waals surface area contributed by atoms with Crippen LogP contribution in [-0.2, 0) is 9.59 Å². The van der Waals surface area contributed by atoms with Crippen LogP contribution in [0, 0.1) is 0 Å². The predicted molar refractivity (Wildman–Crippen MR) is 71.9 cm³/mol. The van der Waals surface area contributed by atoms with Crippen molar-refractivity contribution in [1.82, 2.24) is 4.90 Å². The molecule has 0 aliphatic carbocycles.